The van der Waals surface area contributed by atoms with Gasteiger partial charge in [-0.2, -0.15) is 0 Å². The van der Waals surface area contributed by atoms with E-state index in [-0.39, 0.29) is 17.9 Å². The second-order valence-electron chi connectivity index (χ2n) is 7.70. The number of fused-ring (bicyclic) bond motifs is 1. The van der Waals surface area contributed by atoms with E-state index in [1.807, 2.05) is 6.92 Å². The number of likely N-dealkylation sites (N-methyl/N-ethyl adjacent to an activating group) is 1. The highest BCUT2D eigenvalue weighted by Gasteiger charge is 2.32. The number of amides is 3. The SMILES string of the molecule is CCN1CCc2cc(F)ccc2C(NC(=O)C(C)NC(=O)Cc2cc(F)cc(F)c2)C1=O. The largest absolute Gasteiger partial charge is 0.344 e. The maximum absolute atomic E-state index is 13.7. The molecular formula is C23H24F3N3O3. The standard InChI is InChI=1S/C23H24F3N3O3/c1-3-29-7-6-15-11-16(24)4-5-19(15)21(23(29)32)28-22(31)13(2)27-20(30)10-14-8-17(25)12-18(26)9-14/h4-5,8-9,11-13,21H,3,6-7,10H2,1-2H3,(H,27,30)(H,28,31). The molecule has 2 N–H and O–H groups in total. The zero-order chi connectivity index (χ0) is 23.4. The van der Waals surface area contributed by atoms with Gasteiger partial charge >= 0.3 is 0 Å². The quantitative estimate of drug-likeness (QED) is 0.714. The zero-order valence-corrected chi connectivity index (χ0v) is 17.8. The molecule has 0 radical (unpaired) electrons. The van der Waals surface area contributed by atoms with Gasteiger partial charge < -0.3 is 15.5 Å². The molecule has 0 saturated carbocycles. The third-order valence-electron chi connectivity index (χ3n) is 5.35. The van der Waals surface area contributed by atoms with Crippen LogP contribution in [-0.2, 0) is 27.2 Å². The van der Waals surface area contributed by atoms with Crippen LogP contribution in [0.3, 0.4) is 0 Å². The minimum Gasteiger partial charge on any atom is -0.344 e. The van der Waals surface area contributed by atoms with E-state index in [0.717, 1.165) is 12.1 Å². The van der Waals surface area contributed by atoms with Crippen molar-refractivity contribution in [3.8, 4) is 0 Å². The molecule has 3 rings (SSSR count). The van der Waals surface area contributed by atoms with Crippen LogP contribution in [0.25, 0.3) is 0 Å². The average molecular weight is 447 g/mol. The average Bonchev–Trinajstić information content (AvgIpc) is 2.83. The molecular weight excluding hydrogens is 423 g/mol. The summed E-state index contributed by atoms with van der Waals surface area (Å²) >= 11 is 0. The topological polar surface area (TPSA) is 78.5 Å². The molecule has 0 aromatic heterocycles. The summed E-state index contributed by atoms with van der Waals surface area (Å²) in [5.41, 5.74) is 1.26. The molecule has 2 aromatic rings. The predicted octanol–water partition coefficient (Wildman–Crippen LogP) is 2.41. The smallest absolute Gasteiger partial charge is 0.249 e. The Morgan fingerprint density at radius 1 is 1.09 bits per heavy atom. The first kappa shape index (κ1) is 23.3. The van der Waals surface area contributed by atoms with Gasteiger partial charge in [-0.3, -0.25) is 14.4 Å². The third kappa shape index (κ3) is 5.46. The van der Waals surface area contributed by atoms with E-state index < -0.39 is 41.3 Å². The van der Waals surface area contributed by atoms with Gasteiger partial charge in [0.2, 0.25) is 17.7 Å². The molecule has 0 fully saturated rings. The third-order valence-corrected chi connectivity index (χ3v) is 5.35. The summed E-state index contributed by atoms with van der Waals surface area (Å²) in [4.78, 5) is 39.5. The van der Waals surface area contributed by atoms with Gasteiger partial charge in [0.25, 0.3) is 0 Å². The number of carbonyl (C=O) groups excluding carboxylic acids is 3. The number of carbonyl (C=O) groups is 3. The van der Waals surface area contributed by atoms with Crippen molar-refractivity contribution in [3.63, 3.8) is 0 Å². The van der Waals surface area contributed by atoms with E-state index >= 15 is 0 Å². The van der Waals surface area contributed by atoms with Gasteiger partial charge in [-0.1, -0.05) is 6.07 Å². The number of nitrogens with one attached hydrogen (secondary N) is 2. The normalized spacial score (nSPS) is 16.7. The summed E-state index contributed by atoms with van der Waals surface area (Å²) in [5, 5.41) is 5.11. The number of halogens is 3. The molecule has 2 aromatic carbocycles. The molecule has 170 valence electrons. The van der Waals surface area contributed by atoms with Crippen molar-refractivity contribution in [2.75, 3.05) is 13.1 Å². The van der Waals surface area contributed by atoms with Crippen LogP contribution in [0.15, 0.2) is 36.4 Å². The summed E-state index contributed by atoms with van der Waals surface area (Å²) in [6.07, 6.45) is 0.135. The molecule has 0 saturated heterocycles. The molecule has 32 heavy (non-hydrogen) atoms. The predicted molar refractivity (Wildman–Crippen MR) is 111 cm³/mol. The van der Waals surface area contributed by atoms with Crippen LogP contribution in [0.2, 0.25) is 0 Å². The van der Waals surface area contributed by atoms with E-state index in [1.165, 1.54) is 25.1 Å². The molecule has 3 amide bonds. The van der Waals surface area contributed by atoms with E-state index in [0.29, 0.717) is 36.7 Å². The molecule has 6 nitrogen and oxygen atoms in total. The molecule has 1 aliphatic heterocycles. The van der Waals surface area contributed by atoms with E-state index in [2.05, 4.69) is 10.6 Å². The van der Waals surface area contributed by atoms with Crippen LogP contribution in [0.1, 0.15) is 36.6 Å². The van der Waals surface area contributed by atoms with Crippen LogP contribution in [0.4, 0.5) is 13.2 Å². The Balaban J connectivity index is 1.71. The van der Waals surface area contributed by atoms with Gasteiger partial charge in [0.15, 0.2) is 0 Å². The number of benzene rings is 2. The highest BCUT2D eigenvalue weighted by atomic mass is 19.1. The second-order valence-corrected chi connectivity index (χ2v) is 7.70. The van der Waals surface area contributed by atoms with E-state index in [1.54, 1.807) is 4.90 Å². The molecule has 9 heteroatoms. The molecule has 0 spiro atoms. The molecule has 2 atom stereocenters. The lowest BCUT2D eigenvalue weighted by atomic mass is 9.98. The molecule has 0 bridgehead atoms. The summed E-state index contributed by atoms with van der Waals surface area (Å²) in [5.74, 6) is -3.58. The van der Waals surface area contributed by atoms with E-state index in [4.69, 9.17) is 0 Å². The van der Waals surface area contributed by atoms with Crippen molar-refractivity contribution < 1.29 is 27.6 Å². The van der Waals surface area contributed by atoms with Gasteiger partial charge in [-0.05, 0) is 61.2 Å². The van der Waals surface area contributed by atoms with Crippen molar-refractivity contribution in [1.82, 2.24) is 15.5 Å². The number of rotatable bonds is 6. The number of nitrogens with zero attached hydrogens (tertiary/aromatic N) is 1. The summed E-state index contributed by atoms with van der Waals surface area (Å²) in [7, 11) is 0. The number of hydrogen-bond donors (Lipinski definition) is 2. The highest BCUT2D eigenvalue weighted by Crippen LogP contribution is 2.26. The fourth-order valence-electron chi connectivity index (χ4n) is 3.73. The van der Waals surface area contributed by atoms with Gasteiger partial charge in [0, 0.05) is 19.2 Å². The van der Waals surface area contributed by atoms with Crippen LogP contribution >= 0.6 is 0 Å². The molecule has 2 unspecified atom stereocenters. The van der Waals surface area contributed by atoms with Crippen LogP contribution in [0, 0.1) is 17.5 Å². The van der Waals surface area contributed by atoms with Crippen LogP contribution in [-0.4, -0.2) is 41.8 Å². The van der Waals surface area contributed by atoms with Crippen molar-refractivity contribution in [2.45, 2.75) is 38.8 Å². The van der Waals surface area contributed by atoms with Gasteiger partial charge in [-0.25, -0.2) is 13.2 Å². The summed E-state index contributed by atoms with van der Waals surface area (Å²) < 4.78 is 40.3. The van der Waals surface area contributed by atoms with Crippen molar-refractivity contribution in [2.24, 2.45) is 0 Å². The van der Waals surface area contributed by atoms with Crippen molar-refractivity contribution in [1.29, 1.82) is 0 Å². The first-order chi connectivity index (χ1) is 15.2. The highest BCUT2D eigenvalue weighted by molar-refractivity contribution is 5.93. The fraction of sp³-hybridized carbons (Fsp3) is 0.348. The minimum absolute atomic E-state index is 0.126. The van der Waals surface area contributed by atoms with E-state index in [9.17, 15) is 27.6 Å². The lowest BCUT2D eigenvalue weighted by Gasteiger charge is -2.25. The Labute approximate surface area is 183 Å². The number of hydrogen-bond acceptors (Lipinski definition) is 3. The lowest BCUT2D eigenvalue weighted by molar-refractivity contribution is -0.137. The van der Waals surface area contributed by atoms with Crippen molar-refractivity contribution in [3.05, 3.63) is 70.5 Å². The first-order valence-corrected chi connectivity index (χ1v) is 10.3. The zero-order valence-electron chi connectivity index (χ0n) is 17.8. The summed E-state index contributed by atoms with van der Waals surface area (Å²) in [6, 6.07) is 4.80. The Kier molecular flexibility index (Phi) is 7.17. The Bertz CT molecular complexity index is 1020. The van der Waals surface area contributed by atoms with Crippen LogP contribution in [0.5, 0.6) is 0 Å². The fourth-order valence-corrected chi connectivity index (χ4v) is 3.73. The molecule has 0 aliphatic carbocycles. The maximum Gasteiger partial charge on any atom is 0.249 e. The molecule has 1 aliphatic rings. The first-order valence-electron chi connectivity index (χ1n) is 10.3. The van der Waals surface area contributed by atoms with Gasteiger partial charge in [0.1, 0.15) is 29.5 Å². The summed E-state index contributed by atoms with van der Waals surface area (Å²) in [6.45, 7) is 4.07. The monoisotopic (exact) mass is 447 g/mol. The second kappa shape index (κ2) is 9.84. The Hall–Kier alpha value is -3.36. The van der Waals surface area contributed by atoms with Crippen LogP contribution < -0.4 is 10.6 Å². The molecule has 1 heterocycles. The van der Waals surface area contributed by atoms with Gasteiger partial charge in [-0.15, -0.1) is 0 Å². The Morgan fingerprint density at radius 3 is 2.44 bits per heavy atom. The van der Waals surface area contributed by atoms with Gasteiger partial charge in [0.05, 0.1) is 6.42 Å². The Morgan fingerprint density at radius 2 is 1.78 bits per heavy atom. The van der Waals surface area contributed by atoms with Crippen molar-refractivity contribution >= 4 is 17.7 Å². The maximum atomic E-state index is 13.7. The minimum atomic E-state index is -1.02. The lowest BCUT2D eigenvalue weighted by Crippen LogP contribution is -2.49.